The first kappa shape index (κ1) is 33.9. The summed E-state index contributed by atoms with van der Waals surface area (Å²) in [7, 11) is -4.72. The first-order valence-electron chi connectivity index (χ1n) is 13.2. The molecule has 4 rings (SSSR count). The van der Waals surface area contributed by atoms with E-state index >= 15 is 0 Å². The molecule has 0 bridgehead atoms. The first-order valence-corrected chi connectivity index (χ1v) is 15.6. The Bertz CT molecular complexity index is 1520. The van der Waals surface area contributed by atoms with Crippen LogP contribution in [-0.2, 0) is 45.9 Å². The van der Waals surface area contributed by atoms with E-state index in [1.54, 1.807) is 54.6 Å². The van der Waals surface area contributed by atoms with Crippen LogP contribution in [0.1, 0.15) is 11.1 Å². The van der Waals surface area contributed by atoms with Crippen LogP contribution in [0.5, 0.6) is 5.75 Å². The van der Waals surface area contributed by atoms with Crippen LogP contribution < -0.4 is 4.74 Å². The van der Waals surface area contributed by atoms with Crippen LogP contribution in [0.4, 0.5) is 13.2 Å². The van der Waals surface area contributed by atoms with E-state index in [0.29, 0.717) is 17.4 Å². The molecule has 1 aliphatic heterocycles. The standard InChI is InChI=1S/C30H28F3IO9S/c1-2-15-39-27-26(36)24(18-40-44(37,38)23-10-6-9-20(17-23)30(31,32)33)42-29(41-22-13-11-21(34)12-14-22)28(27)43-25(35)16-19-7-4-3-5-8-19/h2-14,17,24,26-29,36H,1,15-16,18H2. The van der Waals surface area contributed by atoms with Crippen molar-refractivity contribution in [2.75, 3.05) is 13.2 Å². The van der Waals surface area contributed by atoms with Gasteiger partial charge in [0.2, 0.25) is 6.29 Å². The third kappa shape index (κ3) is 9.01. The van der Waals surface area contributed by atoms with Crippen LogP contribution in [0, 0.1) is 3.57 Å². The molecule has 0 aromatic heterocycles. The molecule has 1 heterocycles. The molecule has 1 saturated heterocycles. The van der Waals surface area contributed by atoms with Gasteiger partial charge in [0.1, 0.15) is 24.1 Å². The molecule has 5 atom stereocenters. The number of carbonyl (C=O) groups is 1. The van der Waals surface area contributed by atoms with Gasteiger partial charge in [-0.15, -0.1) is 6.58 Å². The Balaban J connectivity index is 1.59. The minimum absolute atomic E-state index is 0.0964. The SMILES string of the molecule is C=CCOC1C(O)C(COS(=O)(=O)c2cccc(C(F)(F)F)c2)OC(Oc2ccc(I)cc2)C1OC(=O)Cc1ccccc1. The van der Waals surface area contributed by atoms with Crippen LogP contribution in [0.25, 0.3) is 0 Å². The van der Waals surface area contributed by atoms with E-state index in [0.717, 1.165) is 21.8 Å². The largest absolute Gasteiger partial charge is 0.461 e. The zero-order valence-corrected chi connectivity index (χ0v) is 25.9. The summed E-state index contributed by atoms with van der Waals surface area (Å²) in [6.07, 6.45) is -10.6. The molecule has 5 unspecified atom stereocenters. The highest BCUT2D eigenvalue weighted by Crippen LogP contribution is 2.32. The number of esters is 1. The molecule has 14 heteroatoms. The third-order valence-corrected chi connectivity index (χ3v) is 8.38. The third-order valence-electron chi connectivity index (χ3n) is 6.39. The lowest BCUT2D eigenvalue weighted by Gasteiger charge is -2.43. The minimum Gasteiger partial charge on any atom is -0.461 e. The van der Waals surface area contributed by atoms with Gasteiger partial charge in [0.05, 0.1) is 30.1 Å². The molecule has 1 aliphatic rings. The van der Waals surface area contributed by atoms with E-state index in [-0.39, 0.29) is 13.0 Å². The maximum Gasteiger partial charge on any atom is 0.416 e. The summed E-state index contributed by atoms with van der Waals surface area (Å²) in [5, 5.41) is 11.2. The lowest BCUT2D eigenvalue weighted by Crippen LogP contribution is -2.62. The topological polar surface area (TPSA) is 118 Å². The average Bonchev–Trinajstić information content (AvgIpc) is 2.99. The number of carbonyl (C=O) groups excluding carboxylic acids is 1. The number of aliphatic hydroxyl groups is 1. The van der Waals surface area contributed by atoms with Gasteiger partial charge in [-0.3, -0.25) is 8.98 Å². The van der Waals surface area contributed by atoms with E-state index in [9.17, 15) is 31.5 Å². The molecule has 0 saturated carbocycles. The first-order chi connectivity index (χ1) is 20.9. The monoisotopic (exact) mass is 748 g/mol. The van der Waals surface area contributed by atoms with Gasteiger partial charge in [-0.1, -0.05) is 42.5 Å². The van der Waals surface area contributed by atoms with E-state index < -0.39 is 70.0 Å². The fraction of sp³-hybridized carbons (Fsp3) is 0.300. The highest BCUT2D eigenvalue weighted by atomic mass is 127. The Hall–Kier alpha value is -3.02. The zero-order valence-electron chi connectivity index (χ0n) is 22.9. The number of hydrogen-bond acceptors (Lipinski definition) is 9. The summed E-state index contributed by atoms with van der Waals surface area (Å²) in [4.78, 5) is 12.2. The minimum atomic E-state index is -4.78. The Morgan fingerprint density at radius 3 is 2.39 bits per heavy atom. The second-order valence-corrected chi connectivity index (χ2v) is 12.4. The zero-order chi connectivity index (χ0) is 31.9. The Labute approximate surface area is 265 Å². The van der Waals surface area contributed by atoms with E-state index in [2.05, 4.69) is 29.2 Å². The van der Waals surface area contributed by atoms with Crippen molar-refractivity contribution >= 4 is 38.7 Å². The summed E-state index contributed by atoms with van der Waals surface area (Å²) < 4.78 is 94.4. The van der Waals surface area contributed by atoms with Crippen LogP contribution in [0.2, 0.25) is 0 Å². The van der Waals surface area contributed by atoms with Gasteiger partial charge in [0.25, 0.3) is 10.1 Å². The van der Waals surface area contributed by atoms with Gasteiger partial charge in [-0.2, -0.15) is 21.6 Å². The van der Waals surface area contributed by atoms with Crippen molar-refractivity contribution in [3.05, 3.63) is 106 Å². The molecule has 1 fully saturated rings. The molecular formula is C30H28F3IO9S. The van der Waals surface area contributed by atoms with Gasteiger partial charge in [0.15, 0.2) is 6.10 Å². The quantitative estimate of drug-likeness (QED) is 0.120. The number of ether oxygens (including phenoxy) is 4. The van der Waals surface area contributed by atoms with E-state index in [1.807, 2.05) is 0 Å². The smallest absolute Gasteiger partial charge is 0.416 e. The lowest BCUT2D eigenvalue weighted by atomic mass is 9.98. The summed E-state index contributed by atoms with van der Waals surface area (Å²) in [5.41, 5.74) is -0.514. The summed E-state index contributed by atoms with van der Waals surface area (Å²) in [6.45, 7) is 2.67. The predicted octanol–water partition coefficient (Wildman–Crippen LogP) is 4.91. The van der Waals surface area contributed by atoms with Gasteiger partial charge >= 0.3 is 12.1 Å². The van der Waals surface area contributed by atoms with E-state index in [1.165, 1.54) is 6.08 Å². The van der Waals surface area contributed by atoms with Crippen molar-refractivity contribution in [2.24, 2.45) is 0 Å². The predicted molar refractivity (Wildman–Crippen MR) is 159 cm³/mol. The molecule has 0 amide bonds. The number of halogens is 4. The number of aliphatic hydroxyl groups excluding tert-OH is 1. The van der Waals surface area contributed by atoms with Crippen molar-refractivity contribution in [3.8, 4) is 5.75 Å². The second-order valence-electron chi connectivity index (χ2n) is 9.57. The Morgan fingerprint density at radius 1 is 1.02 bits per heavy atom. The molecule has 9 nitrogen and oxygen atoms in total. The van der Waals surface area contributed by atoms with Crippen molar-refractivity contribution < 1.29 is 54.6 Å². The van der Waals surface area contributed by atoms with Crippen molar-refractivity contribution in [1.29, 1.82) is 0 Å². The maximum atomic E-state index is 13.2. The van der Waals surface area contributed by atoms with Gasteiger partial charge in [0, 0.05) is 3.57 Å². The molecule has 3 aromatic rings. The molecule has 236 valence electrons. The van der Waals surface area contributed by atoms with Crippen LogP contribution in [-0.4, -0.2) is 63.4 Å². The number of benzene rings is 3. The molecular weight excluding hydrogens is 720 g/mol. The van der Waals surface area contributed by atoms with Gasteiger partial charge < -0.3 is 24.1 Å². The van der Waals surface area contributed by atoms with Crippen LogP contribution in [0.15, 0.2) is 96.4 Å². The van der Waals surface area contributed by atoms with Gasteiger partial charge in [-0.25, -0.2) is 0 Å². The fourth-order valence-corrected chi connectivity index (χ4v) is 5.60. The normalized spacial score (nSPS) is 22.2. The second kappa shape index (κ2) is 14.8. The fourth-order valence-electron chi connectivity index (χ4n) is 4.27. The van der Waals surface area contributed by atoms with Crippen LogP contribution >= 0.6 is 22.6 Å². The van der Waals surface area contributed by atoms with Crippen molar-refractivity contribution in [2.45, 2.75) is 48.2 Å². The van der Waals surface area contributed by atoms with Crippen molar-refractivity contribution in [3.63, 3.8) is 0 Å². The Kier molecular flexibility index (Phi) is 11.4. The molecule has 3 aromatic carbocycles. The molecule has 0 aliphatic carbocycles. The van der Waals surface area contributed by atoms with Gasteiger partial charge in [-0.05, 0) is 70.6 Å². The number of hydrogen-bond donors (Lipinski definition) is 1. The van der Waals surface area contributed by atoms with Crippen molar-refractivity contribution in [1.82, 2.24) is 0 Å². The number of alkyl halides is 3. The number of rotatable bonds is 12. The molecule has 1 N–H and O–H groups in total. The molecule has 0 radical (unpaired) electrons. The Morgan fingerprint density at radius 2 is 1.73 bits per heavy atom. The highest BCUT2D eigenvalue weighted by Gasteiger charge is 2.50. The maximum absolute atomic E-state index is 13.2. The highest BCUT2D eigenvalue weighted by molar-refractivity contribution is 14.1. The summed E-state index contributed by atoms with van der Waals surface area (Å²) in [5.74, 6) is -0.378. The lowest BCUT2D eigenvalue weighted by molar-refractivity contribution is -0.287. The summed E-state index contributed by atoms with van der Waals surface area (Å²) >= 11 is 2.10. The molecule has 0 spiro atoms. The summed E-state index contributed by atoms with van der Waals surface area (Å²) in [6, 6.07) is 18.6. The average molecular weight is 749 g/mol. The van der Waals surface area contributed by atoms with Crippen LogP contribution in [0.3, 0.4) is 0 Å². The van der Waals surface area contributed by atoms with E-state index in [4.69, 9.17) is 23.1 Å². The molecule has 44 heavy (non-hydrogen) atoms.